The van der Waals surface area contributed by atoms with Crippen LogP contribution < -0.4 is 5.32 Å². The van der Waals surface area contributed by atoms with Crippen LogP contribution in [0, 0.1) is 5.92 Å². The number of benzene rings is 1. The molecule has 0 aliphatic rings. The zero-order chi connectivity index (χ0) is 15.8. The number of likely N-dealkylation sites (N-methyl/N-ethyl adjacent to an activating group) is 1. The van der Waals surface area contributed by atoms with Crippen molar-refractivity contribution in [2.24, 2.45) is 5.92 Å². The lowest BCUT2D eigenvalue weighted by atomic mass is 10.2. The summed E-state index contributed by atoms with van der Waals surface area (Å²) >= 11 is 6.10. The second kappa shape index (κ2) is 8.90. The summed E-state index contributed by atoms with van der Waals surface area (Å²) in [6.07, 6.45) is 0. The van der Waals surface area contributed by atoms with Crippen LogP contribution in [0.5, 0.6) is 0 Å². The lowest BCUT2D eigenvalue weighted by Gasteiger charge is -2.26. The molecule has 2 amide bonds. The van der Waals surface area contributed by atoms with Crippen LogP contribution in [0.3, 0.4) is 0 Å². The molecule has 0 saturated heterocycles. The number of rotatable bonds is 7. The molecule has 0 atom stereocenters. The van der Waals surface area contributed by atoms with Crippen molar-refractivity contribution in [2.75, 3.05) is 33.7 Å². The highest BCUT2D eigenvalue weighted by molar-refractivity contribution is 6.31. The van der Waals surface area contributed by atoms with E-state index in [1.807, 2.05) is 43.3 Å². The number of nitrogens with one attached hydrogen (secondary N) is 1. The van der Waals surface area contributed by atoms with Gasteiger partial charge in [-0.1, -0.05) is 43.6 Å². The molecule has 0 saturated carbocycles. The minimum absolute atomic E-state index is 0.0366. The molecule has 0 fully saturated rings. The maximum Gasteiger partial charge on any atom is 0.317 e. The highest BCUT2D eigenvalue weighted by Crippen LogP contribution is 2.14. The predicted molar refractivity (Wildman–Crippen MR) is 88.7 cm³/mol. The number of urea groups is 1. The highest BCUT2D eigenvalue weighted by Gasteiger charge is 2.15. The number of halogens is 1. The molecule has 1 aromatic rings. The Balaban J connectivity index is 2.57. The Hall–Kier alpha value is -1.26. The summed E-state index contributed by atoms with van der Waals surface area (Å²) < 4.78 is 0. The van der Waals surface area contributed by atoms with Gasteiger partial charge in [0.05, 0.1) is 0 Å². The standard InChI is InChI=1S/C16H26ClN3O/c1-13(2)12-20(10-9-19(3)4)16(21)18-11-14-7-5-6-8-15(14)17/h5-8,13H,9-12H2,1-4H3,(H,18,21). The summed E-state index contributed by atoms with van der Waals surface area (Å²) in [5, 5.41) is 3.63. The second-order valence-electron chi connectivity index (χ2n) is 5.89. The fraction of sp³-hybridized carbons (Fsp3) is 0.562. The summed E-state index contributed by atoms with van der Waals surface area (Å²) in [6.45, 7) is 7.01. The number of amides is 2. The van der Waals surface area contributed by atoms with Gasteiger partial charge >= 0.3 is 6.03 Å². The van der Waals surface area contributed by atoms with Crippen molar-refractivity contribution in [3.05, 3.63) is 34.9 Å². The van der Waals surface area contributed by atoms with E-state index in [0.29, 0.717) is 17.5 Å². The second-order valence-corrected chi connectivity index (χ2v) is 6.30. The van der Waals surface area contributed by atoms with Crippen LogP contribution in [-0.2, 0) is 6.54 Å². The molecule has 0 bridgehead atoms. The van der Waals surface area contributed by atoms with Crippen LogP contribution in [0.15, 0.2) is 24.3 Å². The quantitative estimate of drug-likeness (QED) is 0.840. The molecule has 0 heterocycles. The van der Waals surface area contributed by atoms with E-state index in [4.69, 9.17) is 11.6 Å². The Morgan fingerprint density at radius 2 is 1.90 bits per heavy atom. The summed E-state index contributed by atoms with van der Waals surface area (Å²) in [6, 6.07) is 7.53. The lowest BCUT2D eigenvalue weighted by Crippen LogP contribution is -2.44. The topological polar surface area (TPSA) is 35.6 Å². The highest BCUT2D eigenvalue weighted by atomic mass is 35.5. The van der Waals surface area contributed by atoms with Crippen LogP contribution in [0.4, 0.5) is 4.79 Å². The van der Waals surface area contributed by atoms with Gasteiger partial charge in [0.2, 0.25) is 0 Å². The summed E-state index contributed by atoms with van der Waals surface area (Å²) in [5.41, 5.74) is 0.935. The van der Waals surface area contributed by atoms with Crippen LogP contribution in [-0.4, -0.2) is 49.6 Å². The van der Waals surface area contributed by atoms with Crippen molar-refractivity contribution in [1.29, 1.82) is 0 Å². The van der Waals surface area contributed by atoms with Gasteiger partial charge in [0.1, 0.15) is 0 Å². The molecule has 4 nitrogen and oxygen atoms in total. The van der Waals surface area contributed by atoms with Gasteiger partial charge in [-0.2, -0.15) is 0 Å². The first-order valence-electron chi connectivity index (χ1n) is 7.31. The minimum atomic E-state index is -0.0366. The van der Waals surface area contributed by atoms with Crippen LogP contribution in [0.1, 0.15) is 19.4 Å². The fourth-order valence-electron chi connectivity index (χ4n) is 1.96. The first kappa shape index (κ1) is 17.8. The van der Waals surface area contributed by atoms with Crippen molar-refractivity contribution in [2.45, 2.75) is 20.4 Å². The molecule has 0 aliphatic carbocycles. The maximum atomic E-state index is 12.3. The van der Waals surface area contributed by atoms with Crippen LogP contribution >= 0.6 is 11.6 Å². The number of carbonyl (C=O) groups is 1. The van der Waals surface area contributed by atoms with Crippen LogP contribution in [0.25, 0.3) is 0 Å². The number of hydrogen-bond acceptors (Lipinski definition) is 2. The largest absolute Gasteiger partial charge is 0.334 e. The molecule has 0 aromatic heterocycles. The first-order chi connectivity index (χ1) is 9.90. The molecule has 1 N–H and O–H groups in total. The molecule has 0 unspecified atom stereocenters. The third-order valence-corrected chi connectivity index (χ3v) is 3.45. The smallest absolute Gasteiger partial charge is 0.317 e. The van der Waals surface area contributed by atoms with Crippen molar-refractivity contribution in [3.8, 4) is 0 Å². The number of nitrogens with zero attached hydrogens (tertiary/aromatic N) is 2. The van der Waals surface area contributed by atoms with E-state index in [9.17, 15) is 4.79 Å². The molecule has 1 aromatic carbocycles. The zero-order valence-corrected chi connectivity index (χ0v) is 14.2. The molecule has 5 heteroatoms. The van der Waals surface area contributed by atoms with Gasteiger partial charge in [-0.15, -0.1) is 0 Å². The van der Waals surface area contributed by atoms with E-state index in [1.54, 1.807) is 0 Å². The third-order valence-electron chi connectivity index (χ3n) is 3.08. The molecule has 1 rings (SSSR count). The SMILES string of the molecule is CC(C)CN(CCN(C)C)C(=O)NCc1ccccc1Cl. The zero-order valence-electron chi connectivity index (χ0n) is 13.4. The molecule has 21 heavy (non-hydrogen) atoms. The number of carbonyl (C=O) groups excluding carboxylic acids is 1. The summed E-state index contributed by atoms with van der Waals surface area (Å²) in [7, 11) is 4.02. The molecule has 118 valence electrons. The van der Waals surface area contributed by atoms with E-state index < -0.39 is 0 Å². The van der Waals surface area contributed by atoms with Crippen molar-refractivity contribution < 1.29 is 4.79 Å². The Morgan fingerprint density at radius 3 is 2.48 bits per heavy atom. The Bertz CT molecular complexity index is 449. The van der Waals surface area contributed by atoms with Gasteiger partial charge in [0, 0.05) is 31.2 Å². The van der Waals surface area contributed by atoms with Gasteiger partial charge in [0.15, 0.2) is 0 Å². The molecular weight excluding hydrogens is 286 g/mol. The van der Waals surface area contributed by atoms with Gasteiger partial charge in [-0.05, 0) is 31.6 Å². The first-order valence-corrected chi connectivity index (χ1v) is 7.69. The van der Waals surface area contributed by atoms with E-state index in [2.05, 4.69) is 24.1 Å². The molecule has 0 aliphatic heterocycles. The normalized spacial score (nSPS) is 11.0. The molecular formula is C16H26ClN3O. The number of hydrogen-bond donors (Lipinski definition) is 1. The minimum Gasteiger partial charge on any atom is -0.334 e. The fourth-order valence-corrected chi connectivity index (χ4v) is 2.16. The van der Waals surface area contributed by atoms with Crippen molar-refractivity contribution in [3.63, 3.8) is 0 Å². The third kappa shape index (κ3) is 6.82. The van der Waals surface area contributed by atoms with Gasteiger partial charge in [0.25, 0.3) is 0 Å². The van der Waals surface area contributed by atoms with E-state index in [-0.39, 0.29) is 6.03 Å². The Morgan fingerprint density at radius 1 is 1.24 bits per heavy atom. The monoisotopic (exact) mass is 311 g/mol. The van der Waals surface area contributed by atoms with Crippen molar-refractivity contribution in [1.82, 2.24) is 15.1 Å². The van der Waals surface area contributed by atoms with Gasteiger partial charge < -0.3 is 15.1 Å². The maximum absolute atomic E-state index is 12.3. The van der Waals surface area contributed by atoms with Gasteiger partial charge in [-0.3, -0.25) is 0 Å². The van der Waals surface area contributed by atoms with Gasteiger partial charge in [-0.25, -0.2) is 4.79 Å². The molecule has 0 spiro atoms. The average Bonchev–Trinajstić information content (AvgIpc) is 2.41. The van der Waals surface area contributed by atoms with E-state index in [0.717, 1.165) is 25.2 Å². The van der Waals surface area contributed by atoms with Crippen molar-refractivity contribution >= 4 is 17.6 Å². The lowest BCUT2D eigenvalue weighted by molar-refractivity contribution is 0.184. The predicted octanol–water partition coefficient (Wildman–Crippen LogP) is 3.07. The Kier molecular flexibility index (Phi) is 7.54. The summed E-state index contributed by atoms with van der Waals surface area (Å²) in [4.78, 5) is 16.3. The average molecular weight is 312 g/mol. The summed E-state index contributed by atoms with van der Waals surface area (Å²) in [5.74, 6) is 0.443. The van der Waals surface area contributed by atoms with E-state index in [1.165, 1.54) is 0 Å². The van der Waals surface area contributed by atoms with E-state index >= 15 is 0 Å². The molecule has 0 radical (unpaired) electrons. The van der Waals surface area contributed by atoms with Crippen LogP contribution in [0.2, 0.25) is 5.02 Å². The Labute approximate surface area is 133 Å².